The van der Waals surface area contributed by atoms with Crippen LogP contribution in [0.2, 0.25) is 0 Å². The molecular weight excluding hydrogens is 222 g/mol. The number of hydrogen-bond acceptors (Lipinski definition) is 3. The van der Waals surface area contributed by atoms with Crippen molar-refractivity contribution in [2.24, 2.45) is 5.92 Å². The normalized spacial score (nSPS) is 17.1. The van der Waals surface area contributed by atoms with E-state index < -0.39 is 9.84 Å². The maximum atomic E-state index is 12.1. The van der Waals surface area contributed by atoms with Gasteiger partial charge >= 0.3 is 0 Å². The first kappa shape index (κ1) is 11.5. The molecule has 0 unspecified atom stereocenters. The van der Waals surface area contributed by atoms with Gasteiger partial charge in [-0.05, 0) is 43.4 Å². The van der Waals surface area contributed by atoms with Crippen LogP contribution in [0.4, 0.5) is 5.69 Å². The highest BCUT2D eigenvalue weighted by Crippen LogP contribution is 2.31. The Morgan fingerprint density at radius 3 is 2.56 bits per heavy atom. The number of sulfone groups is 1. The molecule has 0 bridgehead atoms. The molecule has 1 aliphatic rings. The van der Waals surface area contributed by atoms with Crippen molar-refractivity contribution in [2.75, 3.05) is 11.5 Å². The fourth-order valence-electron chi connectivity index (χ4n) is 2.01. The molecule has 0 atom stereocenters. The zero-order valence-electron chi connectivity index (χ0n) is 9.44. The van der Waals surface area contributed by atoms with Gasteiger partial charge in [-0.15, -0.1) is 0 Å². The molecule has 88 valence electrons. The summed E-state index contributed by atoms with van der Waals surface area (Å²) in [6.45, 7) is 1.90. The van der Waals surface area contributed by atoms with Crippen molar-refractivity contribution in [1.82, 2.24) is 0 Å². The lowest BCUT2D eigenvalue weighted by atomic mass is 9.87. The first-order chi connectivity index (χ1) is 7.49. The summed E-state index contributed by atoms with van der Waals surface area (Å²) in [6, 6.07) is 5.14. The van der Waals surface area contributed by atoms with Gasteiger partial charge in [0.25, 0.3) is 0 Å². The van der Waals surface area contributed by atoms with E-state index in [0.717, 1.165) is 24.8 Å². The van der Waals surface area contributed by atoms with Gasteiger partial charge in [-0.25, -0.2) is 8.42 Å². The van der Waals surface area contributed by atoms with E-state index in [-0.39, 0.29) is 5.75 Å². The number of hydrogen-bond donors (Lipinski definition) is 1. The molecule has 4 heteroatoms. The Balaban J connectivity index is 2.27. The van der Waals surface area contributed by atoms with E-state index in [2.05, 4.69) is 0 Å². The first-order valence-corrected chi connectivity index (χ1v) is 7.23. The lowest BCUT2D eigenvalue weighted by Crippen LogP contribution is -2.22. The van der Waals surface area contributed by atoms with Crippen molar-refractivity contribution < 1.29 is 8.42 Å². The van der Waals surface area contributed by atoms with E-state index in [9.17, 15) is 8.42 Å². The Kier molecular flexibility index (Phi) is 2.93. The first-order valence-electron chi connectivity index (χ1n) is 5.58. The fraction of sp³-hybridized carbons (Fsp3) is 0.500. The monoisotopic (exact) mass is 239 g/mol. The van der Waals surface area contributed by atoms with Crippen LogP contribution in [-0.4, -0.2) is 14.2 Å². The van der Waals surface area contributed by atoms with Crippen molar-refractivity contribution in [3.63, 3.8) is 0 Å². The maximum Gasteiger partial charge on any atom is 0.180 e. The smallest absolute Gasteiger partial charge is 0.180 e. The van der Waals surface area contributed by atoms with Crippen molar-refractivity contribution in [2.45, 2.75) is 31.1 Å². The fourth-order valence-corrected chi connectivity index (χ4v) is 3.84. The van der Waals surface area contributed by atoms with Gasteiger partial charge in [-0.1, -0.05) is 12.5 Å². The van der Waals surface area contributed by atoms with Gasteiger partial charge in [0.2, 0.25) is 0 Å². The summed E-state index contributed by atoms with van der Waals surface area (Å²) in [5.41, 5.74) is 7.12. The second-order valence-electron chi connectivity index (χ2n) is 4.62. The Bertz CT molecular complexity index is 490. The Morgan fingerprint density at radius 1 is 1.38 bits per heavy atom. The van der Waals surface area contributed by atoms with Crippen LogP contribution in [0.1, 0.15) is 24.8 Å². The molecule has 2 N–H and O–H groups in total. The quantitative estimate of drug-likeness (QED) is 0.822. The SMILES string of the molecule is Cc1ccc(S(=O)(=O)CC2CCC2)c(N)c1. The van der Waals surface area contributed by atoms with E-state index in [1.165, 1.54) is 0 Å². The van der Waals surface area contributed by atoms with Gasteiger partial charge in [0.05, 0.1) is 16.3 Å². The number of aryl methyl sites for hydroxylation is 1. The molecule has 2 rings (SSSR count). The van der Waals surface area contributed by atoms with Crippen LogP contribution in [0.25, 0.3) is 0 Å². The summed E-state index contributed by atoms with van der Waals surface area (Å²) in [6.07, 6.45) is 3.22. The van der Waals surface area contributed by atoms with Gasteiger partial charge in [0.15, 0.2) is 9.84 Å². The van der Waals surface area contributed by atoms with Gasteiger partial charge in [-0.2, -0.15) is 0 Å². The van der Waals surface area contributed by atoms with Crippen LogP contribution >= 0.6 is 0 Å². The van der Waals surface area contributed by atoms with Crippen LogP contribution in [-0.2, 0) is 9.84 Å². The Morgan fingerprint density at radius 2 is 2.06 bits per heavy atom. The second-order valence-corrected chi connectivity index (χ2v) is 6.62. The van der Waals surface area contributed by atoms with E-state index in [0.29, 0.717) is 16.5 Å². The molecule has 0 aliphatic heterocycles. The highest BCUT2D eigenvalue weighted by Gasteiger charge is 2.26. The number of rotatable bonds is 3. The van der Waals surface area contributed by atoms with Gasteiger partial charge in [0, 0.05) is 0 Å². The van der Waals surface area contributed by atoms with E-state index in [1.807, 2.05) is 6.92 Å². The number of nitrogens with two attached hydrogens (primary N) is 1. The molecule has 3 nitrogen and oxygen atoms in total. The third-order valence-corrected chi connectivity index (χ3v) is 5.13. The van der Waals surface area contributed by atoms with Gasteiger partial charge < -0.3 is 5.73 Å². The third kappa shape index (κ3) is 2.21. The summed E-state index contributed by atoms with van der Waals surface area (Å²) in [7, 11) is -3.19. The van der Waals surface area contributed by atoms with Crippen molar-refractivity contribution in [3.05, 3.63) is 23.8 Å². The molecule has 0 aromatic heterocycles. The molecule has 0 amide bonds. The van der Waals surface area contributed by atoms with Gasteiger partial charge in [0.1, 0.15) is 0 Å². The molecule has 0 saturated heterocycles. The van der Waals surface area contributed by atoms with Crippen LogP contribution in [0.5, 0.6) is 0 Å². The predicted molar refractivity (Wildman–Crippen MR) is 65.0 cm³/mol. The zero-order valence-corrected chi connectivity index (χ0v) is 10.3. The van der Waals surface area contributed by atoms with Gasteiger partial charge in [-0.3, -0.25) is 0 Å². The van der Waals surface area contributed by atoms with Crippen molar-refractivity contribution in [3.8, 4) is 0 Å². The van der Waals surface area contributed by atoms with Crippen LogP contribution in [0, 0.1) is 12.8 Å². The van der Waals surface area contributed by atoms with Crippen molar-refractivity contribution in [1.29, 1.82) is 0 Å². The molecule has 1 aromatic rings. The average molecular weight is 239 g/mol. The minimum absolute atomic E-state index is 0.250. The minimum atomic E-state index is -3.19. The molecular formula is C12H17NO2S. The predicted octanol–water partition coefficient (Wildman–Crippen LogP) is 2.15. The van der Waals surface area contributed by atoms with Crippen LogP contribution in [0.15, 0.2) is 23.1 Å². The van der Waals surface area contributed by atoms with E-state index in [1.54, 1.807) is 18.2 Å². The molecule has 1 saturated carbocycles. The molecule has 0 spiro atoms. The summed E-state index contributed by atoms with van der Waals surface area (Å²) in [5.74, 6) is 0.589. The molecule has 16 heavy (non-hydrogen) atoms. The number of anilines is 1. The van der Waals surface area contributed by atoms with E-state index in [4.69, 9.17) is 5.73 Å². The Labute approximate surface area is 96.6 Å². The summed E-state index contributed by atoms with van der Waals surface area (Å²) in [5, 5.41) is 0. The molecule has 1 aliphatic carbocycles. The maximum absolute atomic E-state index is 12.1. The molecule has 0 radical (unpaired) electrons. The summed E-state index contributed by atoms with van der Waals surface area (Å²) < 4.78 is 24.2. The van der Waals surface area contributed by atoms with Crippen LogP contribution < -0.4 is 5.73 Å². The number of benzene rings is 1. The average Bonchev–Trinajstić information content (AvgIpc) is 2.11. The van der Waals surface area contributed by atoms with E-state index >= 15 is 0 Å². The van der Waals surface area contributed by atoms with Crippen molar-refractivity contribution >= 4 is 15.5 Å². The second kappa shape index (κ2) is 4.09. The highest BCUT2D eigenvalue weighted by molar-refractivity contribution is 7.91. The molecule has 1 fully saturated rings. The summed E-state index contributed by atoms with van der Waals surface area (Å²) in [4.78, 5) is 0.296. The minimum Gasteiger partial charge on any atom is -0.398 e. The topological polar surface area (TPSA) is 60.2 Å². The summed E-state index contributed by atoms with van der Waals surface area (Å²) >= 11 is 0. The lowest BCUT2D eigenvalue weighted by molar-refractivity contribution is 0.347. The third-order valence-electron chi connectivity index (χ3n) is 3.18. The molecule has 0 heterocycles. The standard InChI is InChI=1S/C12H17NO2S/c1-9-5-6-12(11(13)7-9)16(14,15)8-10-3-2-4-10/h5-7,10H,2-4,8,13H2,1H3. The molecule has 1 aromatic carbocycles. The van der Waals surface area contributed by atoms with Crippen LogP contribution in [0.3, 0.4) is 0 Å². The number of nitrogen functional groups attached to an aromatic ring is 1. The highest BCUT2D eigenvalue weighted by atomic mass is 32.2. The largest absolute Gasteiger partial charge is 0.398 e. The Hall–Kier alpha value is -1.03. The lowest BCUT2D eigenvalue weighted by Gasteiger charge is -2.25. The zero-order chi connectivity index (χ0) is 11.8.